The van der Waals surface area contributed by atoms with Crippen molar-refractivity contribution in [1.82, 2.24) is 0 Å². The number of amides is 1. The molecule has 2 heterocycles. The minimum atomic E-state index is -0.833. The molecule has 0 saturated carbocycles. The average Bonchev–Trinajstić information content (AvgIpc) is 3.19. The van der Waals surface area contributed by atoms with Crippen molar-refractivity contribution in [2.75, 3.05) is 29.9 Å². The molecular formula is C19H18N4O5S. The zero-order valence-electron chi connectivity index (χ0n) is 15.4. The highest BCUT2D eigenvalue weighted by molar-refractivity contribution is 7.14. The van der Waals surface area contributed by atoms with Crippen molar-refractivity contribution in [3.05, 3.63) is 50.9 Å². The van der Waals surface area contributed by atoms with E-state index in [1.165, 1.54) is 23.5 Å². The summed E-state index contributed by atoms with van der Waals surface area (Å²) in [5.41, 5.74) is 0.631. The summed E-state index contributed by atoms with van der Waals surface area (Å²) in [5, 5.41) is 24.9. The molecule has 0 spiro atoms. The Kier molecular flexibility index (Phi) is 6.41. The monoisotopic (exact) mass is 414 g/mol. The number of hydrogen-bond acceptors (Lipinski definition) is 8. The Morgan fingerprint density at radius 2 is 2.03 bits per heavy atom. The van der Waals surface area contributed by atoms with Crippen molar-refractivity contribution in [3.63, 3.8) is 0 Å². The van der Waals surface area contributed by atoms with Crippen LogP contribution in [-0.4, -0.2) is 36.5 Å². The molecule has 29 heavy (non-hydrogen) atoms. The summed E-state index contributed by atoms with van der Waals surface area (Å²) in [6.45, 7) is 0.902. The molecule has 1 saturated heterocycles. The smallest absolute Gasteiger partial charge is 0.338 e. The van der Waals surface area contributed by atoms with Crippen LogP contribution in [0.5, 0.6) is 0 Å². The number of piperidine rings is 1. The van der Waals surface area contributed by atoms with Gasteiger partial charge in [-0.05, 0) is 42.8 Å². The molecule has 1 amide bonds. The van der Waals surface area contributed by atoms with Gasteiger partial charge in [-0.3, -0.25) is 14.9 Å². The largest absolute Gasteiger partial charge is 0.452 e. The highest BCUT2D eigenvalue weighted by Crippen LogP contribution is 2.31. The number of hydrogen-bond donors (Lipinski definition) is 1. The summed E-state index contributed by atoms with van der Waals surface area (Å²) in [4.78, 5) is 37.1. The van der Waals surface area contributed by atoms with E-state index in [1.54, 1.807) is 17.5 Å². The Labute approximate surface area is 170 Å². The fraction of sp³-hybridized carbons (Fsp3) is 0.316. The lowest BCUT2D eigenvalue weighted by Gasteiger charge is -2.28. The van der Waals surface area contributed by atoms with E-state index in [0.717, 1.165) is 32.4 Å². The molecule has 1 aromatic carbocycles. The molecule has 150 valence electrons. The number of thiophene rings is 1. The number of nitriles is 1. The number of esters is 1. The van der Waals surface area contributed by atoms with E-state index in [4.69, 9.17) is 10.00 Å². The number of anilines is 2. The van der Waals surface area contributed by atoms with Gasteiger partial charge in [-0.25, -0.2) is 4.79 Å². The maximum absolute atomic E-state index is 12.2. The van der Waals surface area contributed by atoms with Gasteiger partial charge in [0.1, 0.15) is 16.8 Å². The van der Waals surface area contributed by atoms with Gasteiger partial charge in [-0.15, -0.1) is 11.3 Å². The summed E-state index contributed by atoms with van der Waals surface area (Å²) in [6.07, 6.45) is 3.03. The molecule has 9 nitrogen and oxygen atoms in total. The van der Waals surface area contributed by atoms with Gasteiger partial charge >= 0.3 is 5.97 Å². The molecule has 1 aliphatic rings. The van der Waals surface area contributed by atoms with E-state index >= 15 is 0 Å². The Balaban J connectivity index is 1.66. The van der Waals surface area contributed by atoms with Gasteiger partial charge in [-0.2, -0.15) is 5.26 Å². The predicted octanol–water partition coefficient (Wildman–Crippen LogP) is 3.31. The molecule has 1 aromatic heterocycles. The number of rotatable bonds is 6. The molecule has 1 aliphatic heterocycles. The molecular weight excluding hydrogens is 396 g/mol. The third-order valence-electron chi connectivity index (χ3n) is 4.48. The first-order valence-corrected chi connectivity index (χ1v) is 9.85. The topological polar surface area (TPSA) is 126 Å². The van der Waals surface area contributed by atoms with Crippen molar-refractivity contribution >= 4 is 39.6 Å². The minimum absolute atomic E-state index is 0.000836. The number of nitrogens with one attached hydrogen (secondary N) is 1. The normalized spacial score (nSPS) is 13.4. The molecule has 1 N–H and O–H groups in total. The van der Waals surface area contributed by atoms with Crippen LogP contribution >= 0.6 is 11.3 Å². The van der Waals surface area contributed by atoms with Gasteiger partial charge < -0.3 is 15.0 Å². The van der Waals surface area contributed by atoms with E-state index in [1.807, 2.05) is 11.0 Å². The Morgan fingerprint density at radius 1 is 1.28 bits per heavy atom. The first kappa shape index (κ1) is 20.3. The second kappa shape index (κ2) is 9.16. The first-order valence-electron chi connectivity index (χ1n) is 8.97. The van der Waals surface area contributed by atoms with Crippen LogP contribution in [0.4, 0.5) is 16.4 Å². The molecule has 10 heteroatoms. The second-order valence-corrected chi connectivity index (χ2v) is 7.32. The van der Waals surface area contributed by atoms with Crippen LogP contribution in [-0.2, 0) is 9.53 Å². The summed E-state index contributed by atoms with van der Waals surface area (Å²) < 4.78 is 4.97. The maximum Gasteiger partial charge on any atom is 0.338 e. The number of carbonyl (C=O) groups excluding carboxylic acids is 2. The Hall–Kier alpha value is -3.45. The van der Waals surface area contributed by atoms with Crippen molar-refractivity contribution < 1.29 is 19.2 Å². The molecule has 0 aliphatic carbocycles. The Bertz CT molecular complexity index is 975. The number of benzene rings is 1. The van der Waals surface area contributed by atoms with Gasteiger partial charge in [0.25, 0.3) is 11.6 Å². The van der Waals surface area contributed by atoms with E-state index in [9.17, 15) is 19.7 Å². The predicted molar refractivity (Wildman–Crippen MR) is 107 cm³/mol. The summed E-state index contributed by atoms with van der Waals surface area (Å²) in [5.74, 6) is -1.43. The Morgan fingerprint density at radius 3 is 2.72 bits per heavy atom. The van der Waals surface area contributed by atoms with Gasteiger partial charge in [0.15, 0.2) is 6.61 Å². The van der Waals surface area contributed by atoms with Crippen LogP contribution < -0.4 is 10.2 Å². The highest BCUT2D eigenvalue weighted by Gasteiger charge is 2.24. The molecule has 0 bridgehead atoms. The van der Waals surface area contributed by atoms with Gasteiger partial charge in [-0.1, -0.05) is 0 Å². The van der Waals surface area contributed by atoms with Crippen LogP contribution in [0.15, 0.2) is 29.6 Å². The van der Waals surface area contributed by atoms with Crippen LogP contribution in [0.25, 0.3) is 0 Å². The molecule has 3 rings (SSSR count). The highest BCUT2D eigenvalue weighted by atomic mass is 32.1. The molecule has 0 unspecified atom stereocenters. The van der Waals surface area contributed by atoms with Crippen LogP contribution in [0.3, 0.4) is 0 Å². The summed E-state index contributed by atoms with van der Waals surface area (Å²) >= 11 is 1.18. The van der Waals surface area contributed by atoms with Crippen LogP contribution in [0, 0.1) is 21.4 Å². The zero-order valence-corrected chi connectivity index (χ0v) is 16.2. The van der Waals surface area contributed by atoms with Crippen molar-refractivity contribution in [3.8, 4) is 6.07 Å². The fourth-order valence-corrected chi connectivity index (χ4v) is 3.82. The number of nitrogens with zero attached hydrogens (tertiary/aromatic N) is 3. The number of carbonyl (C=O) groups is 2. The number of nitro groups is 1. The van der Waals surface area contributed by atoms with E-state index in [2.05, 4.69) is 5.32 Å². The lowest BCUT2D eigenvalue weighted by molar-refractivity contribution is -0.384. The quantitative estimate of drug-likeness (QED) is 0.436. The van der Waals surface area contributed by atoms with Gasteiger partial charge in [0.2, 0.25) is 0 Å². The van der Waals surface area contributed by atoms with Crippen molar-refractivity contribution in [1.29, 1.82) is 5.26 Å². The SMILES string of the molecule is N#Cc1ccsc1NC(=O)COC(=O)c1ccc(N2CCCCC2)c([N+](=O)[O-])c1. The molecule has 2 aromatic rings. The number of nitro benzene ring substituents is 1. The van der Waals surface area contributed by atoms with Crippen LogP contribution in [0.2, 0.25) is 0 Å². The van der Waals surface area contributed by atoms with Crippen LogP contribution in [0.1, 0.15) is 35.2 Å². The lowest BCUT2D eigenvalue weighted by atomic mass is 10.1. The lowest BCUT2D eigenvalue weighted by Crippen LogP contribution is -2.30. The third-order valence-corrected chi connectivity index (χ3v) is 5.31. The van der Waals surface area contributed by atoms with E-state index in [-0.39, 0.29) is 11.3 Å². The molecule has 1 fully saturated rings. The fourth-order valence-electron chi connectivity index (χ4n) is 3.07. The van der Waals surface area contributed by atoms with Gasteiger partial charge in [0, 0.05) is 19.2 Å². The third kappa shape index (κ3) is 4.89. The van der Waals surface area contributed by atoms with Crippen molar-refractivity contribution in [2.24, 2.45) is 0 Å². The first-order chi connectivity index (χ1) is 14.0. The summed E-state index contributed by atoms with van der Waals surface area (Å²) in [7, 11) is 0. The maximum atomic E-state index is 12.2. The number of ether oxygens (including phenoxy) is 1. The van der Waals surface area contributed by atoms with Crippen molar-refractivity contribution in [2.45, 2.75) is 19.3 Å². The molecule has 0 radical (unpaired) electrons. The van der Waals surface area contributed by atoms with E-state index in [0.29, 0.717) is 16.3 Å². The second-order valence-electron chi connectivity index (χ2n) is 6.41. The average molecular weight is 414 g/mol. The van der Waals surface area contributed by atoms with E-state index < -0.39 is 23.4 Å². The standard InChI is InChI=1S/C19H18N4O5S/c20-11-14-6-9-29-18(14)21-17(24)12-28-19(25)13-4-5-15(16(10-13)23(26)27)22-7-2-1-3-8-22/h4-6,9-10H,1-3,7-8,12H2,(H,21,24). The minimum Gasteiger partial charge on any atom is -0.452 e. The molecule has 0 atom stereocenters. The summed E-state index contributed by atoms with van der Waals surface area (Å²) in [6, 6.07) is 7.69. The van der Waals surface area contributed by atoms with Gasteiger partial charge in [0.05, 0.1) is 16.1 Å². The zero-order chi connectivity index (χ0) is 20.8.